The van der Waals surface area contributed by atoms with Crippen LogP contribution in [-0.2, 0) is 11.8 Å². The molecule has 0 bridgehead atoms. The molecule has 4 rings (SSSR count). The molecule has 162 valence electrons. The molecule has 0 unspecified atom stereocenters. The number of aromatic nitrogens is 1. The highest BCUT2D eigenvalue weighted by molar-refractivity contribution is 5.97. The third kappa shape index (κ3) is 4.80. The van der Waals surface area contributed by atoms with Gasteiger partial charge in [0.15, 0.2) is 0 Å². The molecule has 2 heterocycles. The lowest BCUT2D eigenvalue weighted by Gasteiger charge is -2.26. The molecule has 1 aliphatic heterocycles. The van der Waals surface area contributed by atoms with Crippen LogP contribution in [-0.4, -0.2) is 47.8 Å². The zero-order valence-electron chi connectivity index (χ0n) is 18.0. The van der Waals surface area contributed by atoms with Crippen molar-refractivity contribution >= 4 is 16.8 Å². The number of carbonyl (C=O) groups is 1. The number of amides is 1. The number of aryl methyl sites for hydroxylation is 2. The highest BCUT2D eigenvalue weighted by Gasteiger charge is 2.26. The van der Waals surface area contributed by atoms with Gasteiger partial charge in [-0.05, 0) is 44.0 Å². The lowest BCUT2D eigenvalue weighted by atomic mass is 10.1. The largest absolute Gasteiger partial charge is 0.492 e. The normalized spacial score (nSPS) is 15.9. The molecule has 6 nitrogen and oxygen atoms in total. The van der Waals surface area contributed by atoms with Gasteiger partial charge in [-0.3, -0.25) is 9.59 Å². The molecule has 1 aliphatic rings. The molecule has 0 spiro atoms. The van der Waals surface area contributed by atoms with Gasteiger partial charge in [-0.2, -0.15) is 0 Å². The van der Waals surface area contributed by atoms with Crippen molar-refractivity contribution in [2.45, 2.75) is 25.9 Å². The van der Waals surface area contributed by atoms with Crippen LogP contribution in [0.4, 0.5) is 0 Å². The van der Waals surface area contributed by atoms with Crippen molar-refractivity contribution in [1.29, 1.82) is 0 Å². The lowest BCUT2D eigenvalue weighted by molar-refractivity contribution is 0.0492. The fourth-order valence-electron chi connectivity index (χ4n) is 4.03. The Bertz CT molecular complexity index is 1120. The van der Waals surface area contributed by atoms with Crippen LogP contribution in [0.5, 0.6) is 5.75 Å². The quantitative estimate of drug-likeness (QED) is 0.587. The predicted octanol–water partition coefficient (Wildman–Crippen LogP) is 3.55. The number of carbonyl (C=O) groups excluding carboxylic acids is 1. The second-order valence-electron chi connectivity index (χ2n) is 8.05. The summed E-state index contributed by atoms with van der Waals surface area (Å²) in [5.74, 6) is 0.472. The summed E-state index contributed by atoms with van der Waals surface area (Å²) in [4.78, 5) is 28.4. The van der Waals surface area contributed by atoms with E-state index in [-0.39, 0.29) is 23.0 Å². The number of ether oxygens (including phenoxy) is 2. The van der Waals surface area contributed by atoms with E-state index in [0.717, 1.165) is 29.7 Å². The van der Waals surface area contributed by atoms with Gasteiger partial charge in [0.1, 0.15) is 17.9 Å². The fourth-order valence-corrected chi connectivity index (χ4v) is 4.03. The van der Waals surface area contributed by atoms with Gasteiger partial charge in [0, 0.05) is 31.8 Å². The van der Waals surface area contributed by atoms with Crippen LogP contribution in [0.1, 0.15) is 28.8 Å². The van der Waals surface area contributed by atoms with E-state index in [9.17, 15) is 9.59 Å². The zero-order chi connectivity index (χ0) is 21.8. The Hall–Kier alpha value is -3.12. The van der Waals surface area contributed by atoms with Crippen LogP contribution in [0.3, 0.4) is 0 Å². The van der Waals surface area contributed by atoms with E-state index in [1.165, 1.54) is 0 Å². The number of rotatable bonds is 7. The number of benzene rings is 2. The molecule has 1 fully saturated rings. The molecular weight excluding hydrogens is 392 g/mol. The van der Waals surface area contributed by atoms with Crippen LogP contribution in [0, 0.1) is 6.92 Å². The SMILES string of the molecule is Cc1ccc2c(c1)c(=O)c(C(=O)N(CCOc1ccccc1)C[C@H]1CCCO1)cn2C. The van der Waals surface area contributed by atoms with E-state index >= 15 is 0 Å². The predicted molar refractivity (Wildman–Crippen MR) is 121 cm³/mol. The molecule has 1 saturated heterocycles. The van der Waals surface area contributed by atoms with Crippen molar-refractivity contribution in [1.82, 2.24) is 9.47 Å². The Morgan fingerprint density at radius 1 is 1.23 bits per heavy atom. The van der Waals surface area contributed by atoms with Gasteiger partial charge in [-0.15, -0.1) is 0 Å². The van der Waals surface area contributed by atoms with Crippen LogP contribution in [0.15, 0.2) is 59.5 Å². The number of nitrogens with zero attached hydrogens (tertiary/aromatic N) is 2. The van der Waals surface area contributed by atoms with E-state index in [2.05, 4.69) is 0 Å². The Kier molecular flexibility index (Phi) is 6.37. The van der Waals surface area contributed by atoms with Crippen molar-refractivity contribution in [3.8, 4) is 5.75 Å². The third-order valence-electron chi connectivity index (χ3n) is 5.68. The molecule has 0 aliphatic carbocycles. The molecule has 31 heavy (non-hydrogen) atoms. The van der Waals surface area contributed by atoms with E-state index in [4.69, 9.17) is 9.47 Å². The van der Waals surface area contributed by atoms with Crippen molar-refractivity contribution in [2.24, 2.45) is 7.05 Å². The number of hydrogen-bond donors (Lipinski definition) is 0. The van der Waals surface area contributed by atoms with Crippen LogP contribution < -0.4 is 10.2 Å². The average Bonchev–Trinajstić information content (AvgIpc) is 3.29. The Morgan fingerprint density at radius 3 is 2.77 bits per heavy atom. The van der Waals surface area contributed by atoms with Gasteiger partial charge in [-0.25, -0.2) is 0 Å². The Morgan fingerprint density at radius 2 is 2.03 bits per heavy atom. The fraction of sp³-hybridized carbons (Fsp3) is 0.360. The first-order valence-electron chi connectivity index (χ1n) is 10.7. The van der Waals surface area contributed by atoms with Crippen molar-refractivity contribution < 1.29 is 14.3 Å². The Labute approximate surface area is 182 Å². The summed E-state index contributed by atoms with van der Waals surface area (Å²) >= 11 is 0. The molecule has 2 aromatic carbocycles. The maximum Gasteiger partial charge on any atom is 0.259 e. The number of hydrogen-bond acceptors (Lipinski definition) is 4. The highest BCUT2D eigenvalue weighted by Crippen LogP contribution is 2.17. The van der Waals surface area contributed by atoms with E-state index in [0.29, 0.717) is 31.7 Å². The smallest absolute Gasteiger partial charge is 0.259 e. The molecule has 1 amide bonds. The maximum atomic E-state index is 13.5. The minimum atomic E-state index is -0.281. The first-order valence-corrected chi connectivity index (χ1v) is 10.7. The first-order chi connectivity index (χ1) is 15.0. The van der Waals surface area contributed by atoms with Gasteiger partial charge in [-0.1, -0.05) is 29.8 Å². The molecular formula is C25H28N2O4. The molecule has 6 heteroatoms. The van der Waals surface area contributed by atoms with E-state index in [1.54, 1.807) is 11.1 Å². The minimum Gasteiger partial charge on any atom is -0.492 e. The van der Waals surface area contributed by atoms with Crippen LogP contribution in [0.25, 0.3) is 10.9 Å². The van der Waals surface area contributed by atoms with E-state index in [1.807, 2.05) is 67.1 Å². The van der Waals surface area contributed by atoms with Gasteiger partial charge in [0.2, 0.25) is 5.43 Å². The van der Waals surface area contributed by atoms with Crippen molar-refractivity contribution in [3.63, 3.8) is 0 Å². The average molecular weight is 421 g/mol. The molecule has 1 atom stereocenters. The molecule has 1 aromatic heterocycles. The standard InChI is InChI=1S/C25H28N2O4/c1-18-10-11-23-21(15-18)24(28)22(17-26(23)2)25(29)27(16-20-9-6-13-30-20)12-14-31-19-7-4-3-5-8-19/h3-5,7-8,10-11,15,17,20H,6,9,12-14,16H2,1-2H3/t20-/m1/s1. The molecule has 0 N–H and O–H groups in total. The monoisotopic (exact) mass is 420 g/mol. The molecule has 3 aromatic rings. The minimum absolute atomic E-state index is 0.00720. The lowest BCUT2D eigenvalue weighted by Crippen LogP contribution is -2.42. The van der Waals surface area contributed by atoms with Crippen LogP contribution in [0.2, 0.25) is 0 Å². The first kappa shape index (κ1) is 21.1. The van der Waals surface area contributed by atoms with Gasteiger partial charge < -0.3 is 18.9 Å². The topological polar surface area (TPSA) is 60.8 Å². The Balaban J connectivity index is 1.60. The number of fused-ring (bicyclic) bond motifs is 1. The summed E-state index contributed by atoms with van der Waals surface area (Å²) in [7, 11) is 1.86. The summed E-state index contributed by atoms with van der Waals surface area (Å²) in [6.07, 6.45) is 3.54. The van der Waals surface area contributed by atoms with Crippen molar-refractivity contribution in [3.05, 3.63) is 76.1 Å². The maximum absolute atomic E-state index is 13.5. The van der Waals surface area contributed by atoms with Gasteiger partial charge >= 0.3 is 0 Å². The summed E-state index contributed by atoms with van der Waals surface area (Å²) in [6, 6.07) is 15.2. The molecule has 0 radical (unpaired) electrons. The van der Waals surface area contributed by atoms with Gasteiger partial charge in [0.25, 0.3) is 5.91 Å². The second kappa shape index (κ2) is 9.35. The van der Waals surface area contributed by atoms with E-state index < -0.39 is 0 Å². The van der Waals surface area contributed by atoms with Gasteiger partial charge in [0.05, 0.1) is 18.2 Å². The summed E-state index contributed by atoms with van der Waals surface area (Å²) in [6.45, 7) is 3.83. The highest BCUT2D eigenvalue weighted by atomic mass is 16.5. The zero-order valence-corrected chi connectivity index (χ0v) is 18.0. The summed E-state index contributed by atoms with van der Waals surface area (Å²) in [5, 5.41) is 0.561. The number of pyridine rings is 1. The number of para-hydroxylation sites is 1. The third-order valence-corrected chi connectivity index (χ3v) is 5.68. The second-order valence-corrected chi connectivity index (χ2v) is 8.05. The summed E-state index contributed by atoms with van der Waals surface area (Å²) in [5.41, 5.74) is 1.74. The van der Waals surface area contributed by atoms with Crippen molar-refractivity contribution in [2.75, 3.05) is 26.3 Å². The molecule has 0 saturated carbocycles. The van der Waals surface area contributed by atoms with Crippen LogP contribution >= 0.6 is 0 Å². The summed E-state index contributed by atoms with van der Waals surface area (Å²) < 4.78 is 13.4.